The molecule has 1 aromatic rings. The summed E-state index contributed by atoms with van der Waals surface area (Å²) in [4.78, 5) is 4.13. The molecule has 0 spiro atoms. The van der Waals surface area contributed by atoms with E-state index >= 15 is 0 Å². The van der Waals surface area contributed by atoms with Crippen LogP contribution in [-0.4, -0.2) is 23.6 Å². The maximum atomic E-state index is 5.90. The highest BCUT2D eigenvalue weighted by molar-refractivity contribution is 9.10. The number of anilines is 1. The summed E-state index contributed by atoms with van der Waals surface area (Å²) in [6.07, 6.45) is 8.23. The Morgan fingerprint density at radius 2 is 2.37 bits per heavy atom. The van der Waals surface area contributed by atoms with Crippen LogP contribution in [0.2, 0.25) is 5.15 Å². The topological polar surface area (TPSA) is 37.0 Å². The number of hydrogen-bond donors (Lipinski definition) is 2. The van der Waals surface area contributed by atoms with Crippen LogP contribution >= 0.6 is 27.5 Å². The molecule has 2 unspecified atom stereocenters. The zero-order chi connectivity index (χ0) is 13.7. The van der Waals surface area contributed by atoms with E-state index in [-0.39, 0.29) is 0 Å². The molecule has 2 heterocycles. The third-order valence-electron chi connectivity index (χ3n) is 3.51. The Hall–Kier alpha value is -0.320. The standard InChI is InChI=1S/C14H21BrClN3/c1-10(7-11-5-3-2-4-6-17-11)19-12-8-13(15)14(16)18-9-12/h8-11,17,19H,2-7H2,1H3. The van der Waals surface area contributed by atoms with Gasteiger partial charge >= 0.3 is 0 Å². The van der Waals surface area contributed by atoms with Gasteiger partial charge in [0.1, 0.15) is 5.15 Å². The fraction of sp³-hybridized carbons (Fsp3) is 0.643. The van der Waals surface area contributed by atoms with Crippen molar-refractivity contribution in [3.8, 4) is 0 Å². The molecule has 1 fully saturated rings. The molecule has 19 heavy (non-hydrogen) atoms. The number of rotatable bonds is 4. The highest BCUT2D eigenvalue weighted by Gasteiger charge is 2.15. The summed E-state index contributed by atoms with van der Waals surface area (Å²) in [6, 6.07) is 3.03. The quantitative estimate of drug-likeness (QED) is 0.801. The van der Waals surface area contributed by atoms with Gasteiger partial charge in [-0.2, -0.15) is 0 Å². The summed E-state index contributed by atoms with van der Waals surface area (Å²) < 4.78 is 0.832. The molecule has 0 radical (unpaired) electrons. The van der Waals surface area contributed by atoms with E-state index in [9.17, 15) is 0 Å². The molecule has 5 heteroatoms. The number of halogens is 2. The Kier molecular flexibility index (Phi) is 5.92. The summed E-state index contributed by atoms with van der Waals surface area (Å²) >= 11 is 9.29. The van der Waals surface area contributed by atoms with E-state index in [1.807, 2.05) is 6.07 Å². The molecule has 1 saturated heterocycles. The monoisotopic (exact) mass is 345 g/mol. The smallest absolute Gasteiger partial charge is 0.143 e. The average molecular weight is 347 g/mol. The second-order valence-corrected chi connectivity index (χ2v) is 6.49. The van der Waals surface area contributed by atoms with Gasteiger partial charge in [0.25, 0.3) is 0 Å². The van der Waals surface area contributed by atoms with E-state index < -0.39 is 0 Å². The maximum absolute atomic E-state index is 5.90. The van der Waals surface area contributed by atoms with Crippen molar-refractivity contribution in [3.63, 3.8) is 0 Å². The van der Waals surface area contributed by atoms with Crippen LogP contribution in [0.15, 0.2) is 16.7 Å². The summed E-state index contributed by atoms with van der Waals surface area (Å²) in [7, 11) is 0. The second-order valence-electron chi connectivity index (χ2n) is 5.28. The molecule has 0 bridgehead atoms. The van der Waals surface area contributed by atoms with Crippen molar-refractivity contribution in [2.75, 3.05) is 11.9 Å². The minimum atomic E-state index is 0.422. The third kappa shape index (κ3) is 4.93. The van der Waals surface area contributed by atoms with Crippen LogP contribution < -0.4 is 10.6 Å². The van der Waals surface area contributed by atoms with Crippen molar-refractivity contribution >= 4 is 33.2 Å². The lowest BCUT2D eigenvalue weighted by Gasteiger charge is -2.22. The SMILES string of the molecule is CC(CC1CCCCCN1)Nc1cnc(Cl)c(Br)c1. The number of nitrogens with zero attached hydrogens (tertiary/aromatic N) is 1. The number of aromatic nitrogens is 1. The zero-order valence-electron chi connectivity index (χ0n) is 11.3. The van der Waals surface area contributed by atoms with Crippen LogP contribution in [0.3, 0.4) is 0 Å². The fourth-order valence-electron chi connectivity index (χ4n) is 2.57. The Morgan fingerprint density at radius 1 is 1.53 bits per heavy atom. The van der Waals surface area contributed by atoms with Gasteiger partial charge in [0, 0.05) is 12.1 Å². The van der Waals surface area contributed by atoms with Crippen molar-refractivity contribution in [2.24, 2.45) is 0 Å². The lowest BCUT2D eigenvalue weighted by molar-refractivity contribution is 0.456. The van der Waals surface area contributed by atoms with Crippen LogP contribution in [0.25, 0.3) is 0 Å². The van der Waals surface area contributed by atoms with Crippen molar-refractivity contribution in [3.05, 3.63) is 21.9 Å². The van der Waals surface area contributed by atoms with Crippen LogP contribution in [0.1, 0.15) is 39.0 Å². The summed E-state index contributed by atoms with van der Waals surface area (Å²) in [5.74, 6) is 0. The molecule has 0 aromatic carbocycles. The van der Waals surface area contributed by atoms with Gasteiger partial charge in [0.15, 0.2) is 0 Å². The number of nitrogens with one attached hydrogen (secondary N) is 2. The molecule has 0 saturated carbocycles. The first-order chi connectivity index (χ1) is 9.15. The molecule has 0 aliphatic carbocycles. The molecule has 2 rings (SSSR count). The van der Waals surface area contributed by atoms with E-state index in [2.05, 4.69) is 38.5 Å². The minimum Gasteiger partial charge on any atom is -0.381 e. The van der Waals surface area contributed by atoms with Crippen LogP contribution in [0.4, 0.5) is 5.69 Å². The van der Waals surface area contributed by atoms with Gasteiger partial charge in [0.05, 0.1) is 16.4 Å². The lowest BCUT2D eigenvalue weighted by Crippen LogP contribution is -2.33. The second kappa shape index (κ2) is 7.46. The first-order valence-corrected chi connectivity index (χ1v) is 8.13. The Bertz CT molecular complexity index is 406. The van der Waals surface area contributed by atoms with Gasteiger partial charge in [-0.15, -0.1) is 0 Å². The molecule has 1 aliphatic rings. The normalized spacial score (nSPS) is 21.7. The summed E-state index contributed by atoms with van der Waals surface area (Å²) in [5.41, 5.74) is 1.01. The van der Waals surface area contributed by atoms with Gasteiger partial charge in [-0.3, -0.25) is 0 Å². The Labute approximate surface area is 128 Å². The average Bonchev–Trinajstić information content (AvgIpc) is 2.62. The van der Waals surface area contributed by atoms with E-state index in [1.165, 1.54) is 25.7 Å². The predicted molar refractivity (Wildman–Crippen MR) is 84.9 cm³/mol. The summed E-state index contributed by atoms with van der Waals surface area (Å²) in [5, 5.41) is 7.62. The molecule has 0 amide bonds. The van der Waals surface area contributed by atoms with Gasteiger partial charge < -0.3 is 10.6 Å². The van der Waals surface area contributed by atoms with Crippen LogP contribution in [0, 0.1) is 0 Å². The Balaban J connectivity index is 1.85. The van der Waals surface area contributed by atoms with E-state index in [4.69, 9.17) is 11.6 Å². The largest absolute Gasteiger partial charge is 0.381 e. The molecular formula is C14H21BrClN3. The van der Waals surface area contributed by atoms with Crippen LogP contribution in [-0.2, 0) is 0 Å². The van der Waals surface area contributed by atoms with E-state index in [0.29, 0.717) is 17.2 Å². The Morgan fingerprint density at radius 3 is 3.16 bits per heavy atom. The van der Waals surface area contributed by atoms with Crippen molar-refractivity contribution in [1.82, 2.24) is 10.3 Å². The highest BCUT2D eigenvalue weighted by Crippen LogP contribution is 2.24. The molecule has 2 atom stereocenters. The first-order valence-electron chi connectivity index (χ1n) is 6.96. The zero-order valence-corrected chi connectivity index (χ0v) is 13.6. The molecule has 106 valence electrons. The molecule has 3 nitrogen and oxygen atoms in total. The predicted octanol–water partition coefficient (Wildman–Crippen LogP) is 4.22. The maximum Gasteiger partial charge on any atom is 0.143 e. The minimum absolute atomic E-state index is 0.422. The fourth-order valence-corrected chi connectivity index (χ4v) is 3.02. The molecule has 1 aliphatic heterocycles. The number of pyridine rings is 1. The lowest BCUT2D eigenvalue weighted by atomic mass is 10.0. The van der Waals surface area contributed by atoms with Crippen molar-refractivity contribution in [2.45, 2.75) is 51.1 Å². The molecule has 1 aromatic heterocycles. The van der Waals surface area contributed by atoms with Gasteiger partial charge in [-0.05, 0) is 54.7 Å². The van der Waals surface area contributed by atoms with Gasteiger partial charge in [0.2, 0.25) is 0 Å². The van der Waals surface area contributed by atoms with Gasteiger partial charge in [-0.25, -0.2) is 4.98 Å². The van der Waals surface area contributed by atoms with E-state index in [1.54, 1.807) is 6.20 Å². The highest BCUT2D eigenvalue weighted by atomic mass is 79.9. The first kappa shape index (κ1) is 15.1. The van der Waals surface area contributed by atoms with E-state index in [0.717, 1.165) is 23.1 Å². The number of hydrogen-bond acceptors (Lipinski definition) is 3. The van der Waals surface area contributed by atoms with Crippen molar-refractivity contribution < 1.29 is 0 Å². The van der Waals surface area contributed by atoms with Crippen molar-refractivity contribution in [1.29, 1.82) is 0 Å². The van der Waals surface area contributed by atoms with Gasteiger partial charge in [-0.1, -0.05) is 24.4 Å². The third-order valence-corrected chi connectivity index (χ3v) is 4.64. The molecule has 2 N–H and O–H groups in total. The van der Waals surface area contributed by atoms with Crippen LogP contribution in [0.5, 0.6) is 0 Å². The summed E-state index contributed by atoms with van der Waals surface area (Å²) in [6.45, 7) is 3.38. The molecular weight excluding hydrogens is 326 g/mol.